The Bertz CT molecular complexity index is 590. The van der Waals surface area contributed by atoms with Crippen LogP contribution in [0.5, 0.6) is 0 Å². The fraction of sp³-hybridized carbons (Fsp3) is 0.308. The van der Waals surface area contributed by atoms with Gasteiger partial charge in [0.15, 0.2) is 5.82 Å². The smallest absolute Gasteiger partial charge is 0.153 e. The number of nitrogens with one attached hydrogen (secondary N) is 1. The summed E-state index contributed by atoms with van der Waals surface area (Å²) >= 11 is 5.81. The van der Waals surface area contributed by atoms with Crippen LogP contribution in [0.25, 0.3) is 11.1 Å². The first-order chi connectivity index (χ1) is 8.66. The lowest BCUT2D eigenvalue weighted by atomic mass is 10.0. The van der Waals surface area contributed by atoms with Crippen molar-refractivity contribution in [1.29, 1.82) is 0 Å². The highest BCUT2D eigenvalue weighted by molar-refractivity contribution is 6.31. The molecule has 3 N–H and O–H groups in total. The van der Waals surface area contributed by atoms with Crippen LogP contribution in [0.3, 0.4) is 0 Å². The summed E-state index contributed by atoms with van der Waals surface area (Å²) in [5.74, 6) is 0.557. The number of benzene rings is 1. The Hall–Kier alpha value is -1.55. The van der Waals surface area contributed by atoms with Crippen LogP contribution in [-0.2, 0) is 6.42 Å². The normalized spacial score (nSPS) is 15.0. The first-order valence-corrected chi connectivity index (χ1v) is 6.31. The van der Waals surface area contributed by atoms with Gasteiger partial charge in [-0.05, 0) is 31.2 Å². The Kier molecular flexibility index (Phi) is 2.74. The second-order valence-corrected chi connectivity index (χ2v) is 5.12. The minimum atomic E-state index is -0.440. The highest BCUT2D eigenvalue weighted by Crippen LogP contribution is 2.38. The molecule has 1 aromatic heterocycles. The minimum absolute atomic E-state index is 0.102. The molecule has 1 aromatic carbocycles. The van der Waals surface area contributed by atoms with Gasteiger partial charge in [0.05, 0.1) is 5.02 Å². The number of nitrogen functional groups attached to an aromatic ring is 1. The summed E-state index contributed by atoms with van der Waals surface area (Å²) in [5.41, 5.74) is 7.81. The van der Waals surface area contributed by atoms with Crippen LogP contribution in [-0.4, -0.2) is 10.2 Å². The Balaban J connectivity index is 2.09. The third-order valence-electron chi connectivity index (χ3n) is 3.28. The zero-order valence-corrected chi connectivity index (χ0v) is 10.5. The topological polar surface area (TPSA) is 54.7 Å². The largest absolute Gasteiger partial charge is 0.382 e. The summed E-state index contributed by atoms with van der Waals surface area (Å²) < 4.78 is 14.0. The van der Waals surface area contributed by atoms with Crippen molar-refractivity contribution in [2.45, 2.75) is 19.3 Å². The lowest BCUT2D eigenvalue weighted by Gasteiger charge is -2.06. The number of aromatic nitrogens is 2. The molecule has 2 aromatic rings. The van der Waals surface area contributed by atoms with E-state index >= 15 is 0 Å². The van der Waals surface area contributed by atoms with E-state index in [4.69, 9.17) is 17.3 Å². The highest BCUT2D eigenvalue weighted by atomic mass is 35.5. The van der Waals surface area contributed by atoms with E-state index in [1.165, 1.54) is 18.9 Å². The predicted molar refractivity (Wildman–Crippen MR) is 69.8 cm³/mol. The van der Waals surface area contributed by atoms with Crippen molar-refractivity contribution in [3.63, 3.8) is 0 Å². The summed E-state index contributed by atoms with van der Waals surface area (Å²) in [5, 5.41) is 7.00. The molecule has 18 heavy (non-hydrogen) atoms. The number of halogens is 2. The first kappa shape index (κ1) is 11.5. The summed E-state index contributed by atoms with van der Waals surface area (Å²) in [7, 11) is 0. The van der Waals surface area contributed by atoms with Gasteiger partial charge in [0.2, 0.25) is 0 Å². The van der Waals surface area contributed by atoms with Crippen molar-refractivity contribution in [2.75, 3.05) is 5.73 Å². The molecular weight excluding hydrogens is 253 g/mol. The predicted octanol–water partition coefficient (Wildman–Crippen LogP) is 3.40. The van der Waals surface area contributed by atoms with Gasteiger partial charge in [-0.1, -0.05) is 23.7 Å². The van der Waals surface area contributed by atoms with Gasteiger partial charge in [-0.15, -0.1) is 0 Å². The molecular formula is C13H13ClFN3. The van der Waals surface area contributed by atoms with Gasteiger partial charge in [0.25, 0.3) is 0 Å². The van der Waals surface area contributed by atoms with Crippen molar-refractivity contribution in [3.05, 3.63) is 34.7 Å². The number of aromatic amines is 1. The Morgan fingerprint density at radius 2 is 2.22 bits per heavy atom. The summed E-state index contributed by atoms with van der Waals surface area (Å²) in [6.07, 6.45) is 3.30. The molecule has 1 heterocycles. The maximum atomic E-state index is 14.0. The summed E-state index contributed by atoms with van der Waals surface area (Å²) in [6, 6.07) is 4.92. The molecule has 1 fully saturated rings. The number of hydrogen-bond donors (Lipinski definition) is 2. The van der Waals surface area contributed by atoms with Crippen molar-refractivity contribution < 1.29 is 4.39 Å². The molecule has 0 unspecified atom stereocenters. The standard InChI is InChI=1S/C13H13ClFN3/c14-9-3-1-2-8(12(9)15)11-10(6-7-4-5-7)17-18-13(11)16/h1-3,7H,4-6H2,(H3,16,17,18). The number of nitrogens with zero attached hydrogens (tertiary/aromatic N) is 1. The van der Waals surface area contributed by atoms with Gasteiger partial charge >= 0.3 is 0 Å². The van der Waals surface area contributed by atoms with Crippen LogP contribution in [0.4, 0.5) is 10.2 Å². The van der Waals surface area contributed by atoms with Gasteiger partial charge in [-0.25, -0.2) is 4.39 Å². The number of anilines is 1. The van der Waals surface area contributed by atoms with Crippen molar-refractivity contribution >= 4 is 17.4 Å². The van der Waals surface area contributed by atoms with Crippen LogP contribution in [0, 0.1) is 11.7 Å². The molecule has 3 rings (SSSR count). The van der Waals surface area contributed by atoms with Crippen LogP contribution in [0.1, 0.15) is 18.5 Å². The number of nitrogens with two attached hydrogens (primary N) is 1. The Labute approximate surface area is 109 Å². The van der Waals surface area contributed by atoms with E-state index in [1.807, 2.05) is 0 Å². The molecule has 0 bridgehead atoms. The zero-order chi connectivity index (χ0) is 12.7. The zero-order valence-electron chi connectivity index (χ0n) is 9.71. The van der Waals surface area contributed by atoms with Crippen LogP contribution < -0.4 is 5.73 Å². The van der Waals surface area contributed by atoms with Crippen LogP contribution in [0.15, 0.2) is 18.2 Å². The maximum Gasteiger partial charge on any atom is 0.153 e. The van der Waals surface area contributed by atoms with Crippen LogP contribution in [0.2, 0.25) is 5.02 Å². The molecule has 0 amide bonds. The molecule has 94 valence electrons. The summed E-state index contributed by atoms with van der Waals surface area (Å²) in [4.78, 5) is 0. The second-order valence-electron chi connectivity index (χ2n) is 4.71. The maximum absolute atomic E-state index is 14.0. The molecule has 0 saturated heterocycles. The number of hydrogen-bond acceptors (Lipinski definition) is 2. The van der Waals surface area contributed by atoms with E-state index in [0.29, 0.717) is 22.9 Å². The molecule has 1 aliphatic carbocycles. The second kappa shape index (κ2) is 4.28. The Morgan fingerprint density at radius 3 is 2.94 bits per heavy atom. The molecule has 0 aliphatic heterocycles. The van der Waals surface area contributed by atoms with Gasteiger partial charge < -0.3 is 5.73 Å². The molecule has 0 atom stereocenters. The lowest BCUT2D eigenvalue weighted by Crippen LogP contribution is -1.95. The number of H-pyrrole nitrogens is 1. The van der Waals surface area contributed by atoms with E-state index in [1.54, 1.807) is 12.1 Å². The lowest BCUT2D eigenvalue weighted by molar-refractivity contribution is 0.631. The third-order valence-corrected chi connectivity index (χ3v) is 3.57. The van der Waals surface area contributed by atoms with E-state index in [2.05, 4.69) is 10.2 Å². The molecule has 0 radical (unpaired) electrons. The van der Waals surface area contributed by atoms with Crippen molar-refractivity contribution in [1.82, 2.24) is 10.2 Å². The highest BCUT2D eigenvalue weighted by Gasteiger charge is 2.26. The van der Waals surface area contributed by atoms with Crippen molar-refractivity contribution in [3.8, 4) is 11.1 Å². The molecule has 3 nitrogen and oxygen atoms in total. The van der Waals surface area contributed by atoms with Gasteiger partial charge in [0.1, 0.15) is 5.82 Å². The van der Waals surface area contributed by atoms with Crippen LogP contribution >= 0.6 is 11.6 Å². The molecule has 1 saturated carbocycles. The fourth-order valence-electron chi connectivity index (χ4n) is 2.15. The fourth-order valence-corrected chi connectivity index (χ4v) is 2.32. The molecule has 5 heteroatoms. The first-order valence-electron chi connectivity index (χ1n) is 5.94. The quantitative estimate of drug-likeness (QED) is 0.894. The molecule has 1 aliphatic rings. The average Bonchev–Trinajstić information content (AvgIpc) is 3.08. The van der Waals surface area contributed by atoms with E-state index < -0.39 is 5.82 Å². The third kappa shape index (κ3) is 1.97. The van der Waals surface area contributed by atoms with E-state index in [9.17, 15) is 4.39 Å². The van der Waals surface area contributed by atoms with E-state index in [0.717, 1.165) is 12.1 Å². The number of rotatable bonds is 3. The average molecular weight is 266 g/mol. The SMILES string of the molecule is Nc1n[nH]c(CC2CC2)c1-c1cccc(Cl)c1F. The van der Waals surface area contributed by atoms with Crippen molar-refractivity contribution in [2.24, 2.45) is 5.92 Å². The Morgan fingerprint density at radius 1 is 1.44 bits per heavy atom. The van der Waals surface area contributed by atoms with E-state index in [-0.39, 0.29) is 5.02 Å². The monoisotopic (exact) mass is 265 g/mol. The molecule has 0 spiro atoms. The van der Waals surface area contributed by atoms with Gasteiger partial charge in [-0.3, -0.25) is 5.10 Å². The van der Waals surface area contributed by atoms with Gasteiger partial charge in [-0.2, -0.15) is 5.10 Å². The summed E-state index contributed by atoms with van der Waals surface area (Å²) in [6.45, 7) is 0. The minimum Gasteiger partial charge on any atom is -0.382 e. The van der Waals surface area contributed by atoms with Gasteiger partial charge in [0, 0.05) is 16.8 Å².